The summed E-state index contributed by atoms with van der Waals surface area (Å²) < 4.78 is 10.8. The minimum absolute atomic E-state index is 0.222. The molecule has 5 nitrogen and oxygen atoms in total. The molecule has 0 amide bonds. The fraction of sp³-hybridized carbons (Fsp3) is 0.818. The van der Waals surface area contributed by atoms with Crippen LogP contribution in [0.15, 0.2) is 4.52 Å². The van der Waals surface area contributed by atoms with Crippen LogP contribution in [-0.4, -0.2) is 22.3 Å². The van der Waals surface area contributed by atoms with Crippen LogP contribution in [0.3, 0.4) is 0 Å². The highest BCUT2D eigenvalue weighted by Gasteiger charge is 2.42. The fourth-order valence-electron chi connectivity index (χ4n) is 2.20. The zero-order valence-corrected chi connectivity index (χ0v) is 10.1. The molecule has 1 fully saturated rings. The molecule has 0 spiro atoms. The first-order chi connectivity index (χ1) is 7.45. The van der Waals surface area contributed by atoms with E-state index in [-0.39, 0.29) is 5.60 Å². The van der Waals surface area contributed by atoms with Crippen molar-refractivity contribution in [3.05, 3.63) is 11.7 Å². The molecule has 0 saturated carbocycles. The van der Waals surface area contributed by atoms with E-state index in [1.54, 1.807) is 0 Å². The summed E-state index contributed by atoms with van der Waals surface area (Å²) in [5.74, 6) is 1.25. The number of aryl methyl sites for hydroxylation is 1. The molecule has 0 radical (unpaired) electrons. The lowest BCUT2D eigenvalue weighted by Crippen LogP contribution is -2.50. The van der Waals surface area contributed by atoms with Crippen molar-refractivity contribution in [1.82, 2.24) is 10.1 Å². The molecule has 1 atom stereocenters. The highest BCUT2D eigenvalue weighted by Crippen LogP contribution is 2.35. The molecule has 1 aromatic rings. The quantitative estimate of drug-likeness (QED) is 0.823. The lowest BCUT2D eigenvalue weighted by atomic mass is 9.81. The Morgan fingerprint density at radius 1 is 1.44 bits per heavy atom. The second-order valence-corrected chi connectivity index (χ2v) is 5.06. The molecule has 1 aliphatic rings. The van der Waals surface area contributed by atoms with Crippen LogP contribution in [0.4, 0.5) is 0 Å². The van der Waals surface area contributed by atoms with Crippen molar-refractivity contribution in [2.45, 2.75) is 51.2 Å². The number of nitrogens with zero attached hydrogens (tertiary/aromatic N) is 2. The van der Waals surface area contributed by atoms with Gasteiger partial charge in [0, 0.05) is 19.4 Å². The van der Waals surface area contributed by atoms with Gasteiger partial charge in [0.1, 0.15) is 0 Å². The number of aromatic nitrogens is 2. The first-order valence-electron chi connectivity index (χ1n) is 5.71. The zero-order chi connectivity index (χ0) is 11.8. The molecule has 1 saturated heterocycles. The van der Waals surface area contributed by atoms with Gasteiger partial charge in [0.25, 0.3) is 0 Å². The summed E-state index contributed by atoms with van der Waals surface area (Å²) in [5.41, 5.74) is 5.62. The number of nitrogens with two attached hydrogens (primary N) is 1. The predicted octanol–water partition coefficient (Wildman–Crippen LogP) is 1.37. The standard InChI is InChI=1S/C11H19N3O2/c1-4-8-13-9(14-16-8)11(12)5-6-15-10(2,3)7-11/h4-7,12H2,1-3H3. The Hall–Kier alpha value is -0.940. The zero-order valence-electron chi connectivity index (χ0n) is 10.1. The Morgan fingerprint density at radius 3 is 2.75 bits per heavy atom. The molecule has 5 heteroatoms. The first kappa shape index (κ1) is 11.5. The van der Waals surface area contributed by atoms with Crippen molar-refractivity contribution in [3.8, 4) is 0 Å². The van der Waals surface area contributed by atoms with E-state index in [0.717, 1.165) is 12.8 Å². The smallest absolute Gasteiger partial charge is 0.226 e. The van der Waals surface area contributed by atoms with Crippen molar-refractivity contribution in [3.63, 3.8) is 0 Å². The van der Waals surface area contributed by atoms with Crippen molar-refractivity contribution in [1.29, 1.82) is 0 Å². The third kappa shape index (κ3) is 2.10. The summed E-state index contributed by atoms with van der Waals surface area (Å²) in [5, 5.41) is 3.98. The van der Waals surface area contributed by atoms with E-state index in [1.807, 2.05) is 20.8 Å². The SMILES string of the molecule is CCc1nc(C2(N)CCOC(C)(C)C2)no1. The van der Waals surface area contributed by atoms with Crippen LogP contribution in [0.1, 0.15) is 45.3 Å². The van der Waals surface area contributed by atoms with Crippen molar-refractivity contribution < 1.29 is 9.26 Å². The van der Waals surface area contributed by atoms with Crippen LogP contribution >= 0.6 is 0 Å². The minimum Gasteiger partial charge on any atom is -0.375 e. The van der Waals surface area contributed by atoms with Gasteiger partial charge in [-0.2, -0.15) is 4.98 Å². The number of ether oxygens (including phenoxy) is 1. The molecular formula is C11H19N3O2. The third-order valence-corrected chi connectivity index (χ3v) is 3.00. The highest BCUT2D eigenvalue weighted by molar-refractivity contribution is 5.08. The molecule has 2 heterocycles. The largest absolute Gasteiger partial charge is 0.375 e. The van der Waals surface area contributed by atoms with Crippen molar-refractivity contribution in [2.75, 3.05) is 6.61 Å². The van der Waals surface area contributed by atoms with E-state index < -0.39 is 5.54 Å². The highest BCUT2D eigenvalue weighted by atomic mass is 16.5. The first-order valence-corrected chi connectivity index (χ1v) is 5.71. The van der Waals surface area contributed by atoms with Crippen LogP contribution < -0.4 is 5.73 Å². The van der Waals surface area contributed by atoms with Gasteiger partial charge in [-0.3, -0.25) is 0 Å². The Kier molecular flexibility index (Phi) is 2.75. The Labute approximate surface area is 95.3 Å². The molecule has 2 rings (SSSR count). The molecule has 0 aromatic carbocycles. The Balaban J connectivity index is 2.24. The maximum absolute atomic E-state index is 6.36. The van der Waals surface area contributed by atoms with Crippen LogP contribution in [0.2, 0.25) is 0 Å². The molecule has 1 aromatic heterocycles. The predicted molar refractivity (Wildman–Crippen MR) is 58.8 cm³/mol. The van der Waals surface area contributed by atoms with Gasteiger partial charge in [-0.25, -0.2) is 0 Å². The van der Waals surface area contributed by atoms with E-state index in [9.17, 15) is 0 Å². The Bertz CT molecular complexity index is 375. The van der Waals surface area contributed by atoms with Crippen LogP contribution in [-0.2, 0) is 16.7 Å². The van der Waals surface area contributed by atoms with Crippen molar-refractivity contribution >= 4 is 0 Å². The van der Waals surface area contributed by atoms with Gasteiger partial charge in [-0.1, -0.05) is 12.1 Å². The molecule has 0 bridgehead atoms. The van der Waals surface area contributed by atoms with Gasteiger partial charge in [0.05, 0.1) is 11.1 Å². The van der Waals surface area contributed by atoms with E-state index in [2.05, 4.69) is 10.1 Å². The third-order valence-electron chi connectivity index (χ3n) is 3.00. The van der Waals surface area contributed by atoms with Gasteiger partial charge < -0.3 is 15.0 Å². The second kappa shape index (κ2) is 3.82. The molecule has 16 heavy (non-hydrogen) atoms. The summed E-state index contributed by atoms with van der Waals surface area (Å²) in [6.07, 6.45) is 2.19. The topological polar surface area (TPSA) is 74.2 Å². The number of hydrogen-bond donors (Lipinski definition) is 1. The van der Waals surface area contributed by atoms with Gasteiger partial charge in [0.2, 0.25) is 5.89 Å². The van der Waals surface area contributed by atoms with Crippen LogP contribution in [0.5, 0.6) is 0 Å². The second-order valence-electron chi connectivity index (χ2n) is 5.06. The number of hydrogen-bond acceptors (Lipinski definition) is 5. The summed E-state index contributed by atoms with van der Waals surface area (Å²) >= 11 is 0. The molecule has 90 valence electrons. The molecule has 1 aliphatic heterocycles. The van der Waals surface area contributed by atoms with Crippen LogP contribution in [0, 0.1) is 0 Å². The lowest BCUT2D eigenvalue weighted by Gasteiger charge is -2.40. The summed E-state index contributed by atoms with van der Waals surface area (Å²) in [6, 6.07) is 0. The maximum Gasteiger partial charge on any atom is 0.226 e. The lowest BCUT2D eigenvalue weighted by molar-refractivity contribution is -0.0832. The van der Waals surface area contributed by atoms with Gasteiger partial charge in [-0.15, -0.1) is 0 Å². The van der Waals surface area contributed by atoms with Gasteiger partial charge >= 0.3 is 0 Å². The van der Waals surface area contributed by atoms with Crippen molar-refractivity contribution in [2.24, 2.45) is 5.73 Å². The summed E-state index contributed by atoms with van der Waals surface area (Å²) in [4.78, 5) is 4.33. The van der Waals surface area contributed by atoms with Crippen LogP contribution in [0.25, 0.3) is 0 Å². The van der Waals surface area contributed by atoms with E-state index in [4.69, 9.17) is 15.0 Å². The minimum atomic E-state index is -0.515. The van der Waals surface area contributed by atoms with E-state index in [1.165, 1.54) is 0 Å². The molecule has 2 N–H and O–H groups in total. The average Bonchev–Trinajstić information content (AvgIpc) is 2.64. The molecular weight excluding hydrogens is 206 g/mol. The summed E-state index contributed by atoms with van der Waals surface area (Å²) in [6.45, 7) is 6.69. The number of rotatable bonds is 2. The molecule has 0 aliphatic carbocycles. The normalized spacial score (nSPS) is 29.2. The van der Waals surface area contributed by atoms with Gasteiger partial charge in [0.15, 0.2) is 5.82 Å². The Morgan fingerprint density at radius 2 is 2.19 bits per heavy atom. The average molecular weight is 225 g/mol. The monoisotopic (exact) mass is 225 g/mol. The van der Waals surface area contributed by atoms with E-state index in [0.29, 0.717) is 24.7 Å². The summed E-state index contributed by atoms with van der Waals surface area (Å²) in [7, 11) is 0. The van der Waals surface area contributed by atoms with Gasteiger partial charge in [-0.05, 0) is 20.3 Å². The molecule has 1 unspecified atom stereocenters. The van der Waals surface area contributed by atoms with E-state index >= 15 is 0 Å². The maximum atomic E-state index is 6.36. The fourth-order valence-corrected chi connectivity index (χ4v) is 2.20.